The first-order valence-corrected chi connectivity index (χ1v) is 9.56. The van der Waals surface area contributed by atoms with Crippen LogP contribution in [0, 0.1) is 23.7 Å². The summed E-state index contributed by atoms with van der Waals surface area (Å²) >= 11 is 6.94. The number of halogens is 1. The number of ether oxygens (including phenoxy) is 1. The van der Waals surface area contributed by atoms with Gasteiger partial charge in [0.1, 0.15) is 0 Å². The number of hydrogen-bond acceptors (Lipinski definition) is 3. The zero-order valence-electron chi connectivity index (χ0n) is 11.3. The van der Waals surface area contributed by atoms with Gasteiger partial charge >= 0.3 is 134 Å². The fourth-order valence-corrected chi connectivity index (χ4v) is 7.93. The van der Waals surface area contributed by atoms with Crippen LogP contribution in [0.15, 0.2) is 30.3 Å². The van der Waals surface area contributed by atoms with Crippen LogP contribution in [0.1, 0.15) is 12.8 Å². The zero-order chi connectivity index (χ0) is 14.6. The molecule has 2 bridgehead atoms. The van der Waals surface area contributed by atoms with Crippen molar-refractivity contribution in [1.82, 2.24) is 0 Å². The van der Waals surface area contributed by atoms with Gasteiger partial charge in [0.2, 0.25) is 0 Å². The van der Waals surface area contributed by atoms with Gasteiger partial charge in [0.15, 0.2) is 0 Å². The van der Waals surface area contributed by atoms with Crippen molar-refractivity contribution in [3.8, 4) is 0 Å². The molecule has 1 aromatic carbocycles. The summed E-state index contributed by atoms with van der Waals surface area (Å²) in [4.78, 5) is 24.3. The molecule has 0 unspecified atom stereocenters. The summed E-state index contributed by atoms with van der Waals surface area (Å²) in [6.07, 6.45) is 1.94. The minimum absolute atomic E-state index is 0.0105. The number of rotatable bonds is 2. The molecule has 0 N–H and O–H groups in total. The van der Waals surface area contributed by atoms with Gasteiger partial charge in [-0.1, -0.05) is 0 Å². The van der Waals surface area contributed by atoms with E-state index in [0.717, 1.165) is 12.8 Å². The maximum absolute atomic E-state index is 12.0. The van der Waals surface area contributed by atoms with Gasteiger partial charge in [0, 0.05) is 0 Å². The Balaban J connectivity index is 1.65. The van der Waals surface area contributed by atoms with Crippen LogP contribution >= 0.6 is 11.6 Å². The van der Waals surface area contributed by atoms with E-state index in [-0.39, 0.29) is 55.9 Å². The fraction of sp³-hybridized carbons (Fsp3) is 0.500. The van der Waals surface area contributed by atoms with Gasteiger partial charge in [-0.15, -0.1) is 0 Å². The van der Waals surface area contributed by atoms with Gasteiger partial charge in [0.05, 0.1) is 0 Å². The molecule has 1 aliphatic heterocycles. The molecule has 21 heavy (non-hydrogen) atoms. The Labute approximate surface area is 134 Å². The quantitative estimate of drug-likeness (QED) is 0.345. The van der Waals surface area contributed by atoms with Crippen LogP contribution in [0.3, 0.4) is 0 Å². The molecule has 4 fully saturated rings. The maximum atomic E-state index is 12.0. The summed E-state index contributed by atoms with van der Waals surface area (Å²) in [7, 11) is 0. The molecule has 1 heterocycles. The second kappa shape index (κ2) is 5.12. The van der Waals surface area contributed by atoms with E-state index in [1.807, 2.05) is 18.2 Å². The first-order chi connectivity index (χ1) is 10.2. The van der Waals surface area contributed by atoms with E-state index in [0.29, 0.717) is 4.82 Å². The molecular weight excluding hydrogens is 355 g/mol. The molecule has 0 aromatic heterocycles. The van der Waals surface area contributed by atoms with Crippen LogP contribution in [-0.4, -0.2) is 32.3 Å². The van der Waals surface area contributed by atoms with Crippen molar-refractivity contribution in [3.63, 3.8) is 0 Å². The number of hydrogen-bond donors (Lipinski definition) is 0. The van der Waals surface area contributed by atoms with Crippen molar-refractivity contribution in [3.05, 3.63) is 30.3 Å². The average Bonchev–Trinajstić information content (AvgIpc) is 2.80. The predicted octanol–water partition coefficient (Wildman–Crippen LogP) is 1.77. The molecule has 0 amide bonds. The Morgan fingerprint density at radius 1 is 1.00 bits per heavy atom. The minimum atomic E-state index is -0.337. The summed E-state index contributed by atoms with van der Waals surface area (Å²) in [5.41, 5.74) is 0. The molecule has 3 aliphatic carbocycles. The second-order valence-electron chi connectivity index (χ2n) is 6.04. The third-order valence-electron chi connectivity index (χ3n) is 5.05. The number of carbonyl (C=O) groups is 2. The van der Waals surface area contributed by atoms with E-state index in [2.05, 4.69) is 12.1 Å². The molecule has 0 spiro atoms. The van der Waals surface area contributed by atoms with Crippen molar-refractivity contribution >= 4 is 43.0 Å². The van der Waals surface area contributed by atoms with Crippen LogP contribution in [0.4, 0.5) is 0 Å². The fourth-order valence-electron chi connectivity index (χ4n) is 4.17. The second-order valence-corrected chi connectivity index (χ2v) is 9.17. The van der Waals surface area contributed by atoms with Crippen molar-refractivity contribution in [2.24, 2.45) is 23.7 Å². The Kier molecular flexibility index (Phi) is 3.36. The zero-order valence-corrected chi connectivity index (χ0v) is 13.7. The van der Waals surface area contributed by atoms with Crippen LogP contribution in [0.2, 0.25) is 4.82 Å². The van der Waals surface area contributed by atoms with Crippen LogP contribution in [0.25, 0.3) is 0 Å². The summed E-state index contributed by atoms with van der Waals surface area (Å²) in [6, 6.07) is 10.3. The first kappa shape index (κ1) is 13.8. The van der Waals surface area contributed by atoms with E-state index in [1.165, 1.54) is 4.46 Å². The molecule has 6 atom stereocenters. The van der Waals surface area contributed by atoms with E-state index < -0.39 is 0 Å². The number of carbonyl (C=O) groups excluding carboxylic acids is 2. The van der Waals surface area contributed by atoms with E-state index in [9.17, 15) is 9.59 Å². The van der Waals surface area contributed by atoms with Gasteiger partial charge in [-0.05, 0) is 0 Å². The van der Waals surface area contributed by atoms with Gasteiger partial charge in [-0.3, -0.25) is 0 Å². The predicted molar refractivity (Wildman–Crippen MR) is 79.5 cm³/mol. The summed E-state index contributed by atoms with van der Waals surface area (Å²) in [5, 5.41) is -0.0105. The number of fused-ring (bicyclic) bond motifs is 2. The normalized spacial score (nSPS) is 41.0. The molecule has 5 heteroatoms. The van der Waals surface area contributed by atoms with Crippen molar-refractivity contribution in [2.45, 2.75) is 23.0 Å². The van der Waals surface area contributed by atoms with Gasteiger partial charge < -0.3 is 0 Å². The standard InChI is InChI=1S/C16H15ClO3Se/c17-13-9-6-7-10(12-11(9)15(18)20-16(12)19)14(13)21-8-4-2-1-3-5-8/h1-5,9-14H,6-7H2/t9-,10+,11-,12+,13+,14+/m1/s1. The van der Waals surface area contributed by atoms with E-state index >= 15 is 0 Å². The third kappa shape index (κ3) is 2.08. The summed E-state index contributed by atoms with van der Waals surface area (Å²) in [6.45, 7) is 0. The molecular formula is C16H15ClO3Se. The van der Waals surface area contributed by atoms with E-state index in [1.54, 1.807) is 0 Å². The van der Waals surface area contributed by atoms with Crippen LogP contribution in [0.5, 0.6) is 0 Å². The molecule has 4 aliphatic rings. The number of esters is 2. The molecule has 5 rings (SSSR count). The molecule has 110 valence electrons. The van der Waals surface area contributed by atoms with Gasteiger partial charge in [-0.25, -0.2) is 0 Å². The Hall–Kier alpha value is -0.831. The number of benzene rings is 1. The van der Waals surface area contributed by atoms with Gasteiger partial charge in [0.25, 0.3) is 0 Å². The van der Waals surface area contributed by atoms with Crippen molar-refractivity contribution in [2.75, 3.05) is 0 Å². The SMILES string of the molecule is O=C1OC(=O)[C@H]2[C@@H]3CC[C@@H]([C@H](Cl)[C@H]3[Se]c3ccccc3)[C@@H]12. The molecule has 0 radical (unpaired) electrons. The van der Waals surface area contributed by atoms with Crippen molar-refractivity contribution in [1.29, 1.82) is 0 Å². The Morgan fingerprint density at radius 2 is 1.62 bits per heavy atom. The molecule has 1 saturated heterocycles. The van der Waals surface area contributed by atoms with Crippen LogP contribution < -0.4 is 4.46 Å². The van der Waals surface area contributed by atoms with Crippen LogP contribution in [-0.2, 0) is 14.3 Å². The van der Waals surface area contributed by atoms with Gasteiger partial charge in [-0.2, -0.15) is 0 Å². The third-order valence-corrected chi connectivity index (χ3v) is 9.04. The molecule has 3 saturated carbocycles. The van der Waals surface area contributed by atoms with Crippen molar-refractivity contribution < 1.29 is 14.3 Å². The molecule has 1 aromatic rings. The first-order valence-electron chi connectivity index (χ1n) is 7.28. The number of cyclic esters (lactones) is 2. The Morgan fingerprint density at radius 3 is 2.33 bits per heavy atom. The average molecular weight is 370 g/mol. The topological polar surface area (TPSA) is 43.4 Å². The Bertz CT molecular complexity index is 590. The van der Waals surface area contributed by atoms with E-state index in [4.69, 9.17) is 16.3 Å². The number of alkyl halides is 1. The monoisotopic (exact) mass is 370 g/mol. The summed E-state index contributed by atoms with van der Waals surface area (Å²) < 4.78 is 6.21. The molecule has 3 nitrogen and oxygen atoms in total. The summed E-state index contributed by atoms with van der Waals surface area (Å²) in [5.74, 6) is -0.839.